The number of thiophene rings is 1. The molecule has 0 spiro atoms. The third-order valence-electron chi connectivity index (χ3n) is 3.75. The summed E-state index contributed by atoms with van der Waals surface area (Å²) in [7, 11) is 1.46. The molecule has 1 aromatic heterocycles. The Hall–Kier alpha value is -3.05. The Morgan fingerprint density at radius 1 is 1.30 bits per heavy atom. The van der Waals surface area contributed by atoms with Crippen molar-refractivity contribution in [3.8, 4) is 17.6 Å². The lowest BCUT2D eigenvalue weighted by molar-refractivity contribution is -0.137. The average Bonchev–Trinajstić information content (AvgIpc) is 3.22. The Balaban J connectivity index is 1.87. The second-order valence-corrected chi connectivity index (χ2v) is 6.56. The minimum absolute atomic E-state index is 0.0332. The molecule has 0 aliphatic carbocycles. The molecule has 142 valence electrons. The van der Waals surface area contributed by atoms with Gasteiger partial charge in [-0.25, -0.2) is 0 Å². The number of hydrogen-bond acceptors (Lipinski definition) is 6. The quantitative estimate of drug-likeness (QED) is 0.712. The normalized spacial score (nSPS) is 9.96. The van der Waals surface area contributed by atoms with Crippen LogP contribution in [0, 0.1) is 11.3 Å². The van der Waals surface area contributed by atoms with E-state index >= 15 is 0 Å². The maximum atomic E-state index is 12.4. The van der Waals surface area contributed by atoms with Gasteiger partial charge in [0.15, 0.2) is 18.1 Å². The first-order valence-electron chi connectivity index (χ1n) is 8.35. The Labute approximate surface area is 162 Å². The standard InChI is InChI=1S/C19H21N3O4S/c1-3-22(12-18(23)21-11-15-5-4-8-27-15)19(24)13-26-16-7-6-14(10-20)9-17(16)25-2/h4-9H,3,11-13H2,1-2H3,(H,21,23). The lowest BCUT2D eigenvalue weighted by Gasteiger charge is -2.20. The number of methoxy groups -OCH3 is 1. The second-order valence-electron chi connectivity index (χ2n) is 5.53. The number of nitrogens with zero attached hydrogens (tertiary/aromatic N) is 2. The number of rotatable bonds is 9. The average molecular weight is 387 g/mol. The highest BCUT2D eigenvalue weighted by Gasteiger charge is 2.17. The van der Waals surface area contributed by atoms with Crippen LogP contribution in [-0.4, -0.2) is 43.5 Å². The third-order valence-corrected chi connectivity index (χ3v) is 4.63. The van der Waals surface area contributed by atoms with Gasteiger partial charge < -0.3 is 19.7 Å². The first kappa shape index (κ1) is 20.3. The molecule has 0 aliphatic rings. The number of ether oxygens (including phenoxy) is 2. The first-order valence-corrected chi connectivity index (χ1v) is 9.23. The summed E-state index contributed by atoms with van der Waals surface area (Å²) >= 11 is 1.56. The van der Waals surface area contributed by atoms with Gasteiger partial charge in [0.05, 0.1) is 31.8 Å². The zero-order chi connectivity index (χ0) is 19.6. The van der Waals surface area contributed by atoms with E-state index in [0.717, 1.165) is 4.88 Å². The number of benzene rings is 1. The molecule has 0 radical (unpaired) electrons. The van der Waals surface area contributed by atoms with Crippen LogP contribution >= 0.6 is 11.3 Å². The predicted octanol–water partition coefficient (Wildman–Crippen LogP) is 2.17. The van der Waals surface area contributed by atoms with Crippen molar-refractivity contribution in [2.45, 2.75) is 13.5 Å². The number of nitriles is 1. The van der Waals surface area contributed by atoms with Crippen molar-refractivity contribution in [2.24, 2.45) is 0 Å². The van der Waals surface area contributed by atoms with E-state index in [4.69, 9.17) is 14.7 Å². The Morgan fingerprint density at radius 3 is 2.74 bits per heavy atom. The largest absolute Gasteiger partial charge is 0.493 e. The molecule has 1 N–H and O–H groups in total. The van der Waals surface area contributed by atoms with Crippen LogP contribution in [0.2, 0.25) is 0 Å². The SMILES string of the molecule is CCN(CC(=O)NCc1cccs1)C(=O)COc1ccc(C#N)cc1OC. The fourth-order valence-corrected chi connectivity index (χ4v) is 2.94. The fourth-order valence-electron chi connectivity index (χ4n) is 2.29. The minimum Gasteiger partial charge on any atom is -0.493 e. The van der Waals surface area contributed by atoms with E-state index in [1.165, 1.54) is 18.1 Å². The van der Waals surface area contributed by atoms with Crippen LogP contribution in [0.1, 0.15) is 17.4 Å². The van der Waals surface area contributed by atoms with Gasteiger partial charge in [-0.3, -0.25) is 9.59 Å². The summed E-state index contributed by atoms with van der Waals surface area (Å²) in [4.78, 5) is 26.9. The molecule has 2 rings (SSSR count). The van der Waals surface area contributed by atoms with Gasteiger partial charge in [0, 0.05) is 17.5 Å². The minimum atomic E-state index is -0.310. The van der Waals surface area contributed by atoms with E-state index in [1.54, 1.807) is 30.4 Å². The van der Waals surface area contributed by atoms with Crippen molar-refractivity contribution < 1.29 is 19.1 Å². The monoisotopic (exact) mass is 387 g/mol. The van der Waals surface area contributed by atoms with Gasteiger partial charge in [-0.1, -0.05) is 6.07 Å². The van der Waals surface area contributed by atoms with E-state index in [-0.39, 0.29) is 25.0 Å². The molecule has 1 aromatic carbocycles. The number of likely N-dealkylation sites (N-methyl/N-ethyl adjacent to an activating group) is 1. The van der Waals surface area contributed by atoms with Crippen molar-refractivity contribution in [2.75, 3.05) is 26.8 Å². The van der Waals surface area contributed by atoms with E-state index in [1.807, 2.05) is 23.6 Å². The van der Waals surface area contributed by atoms with Crippen molar-refractivity contribution in [1.82, 2.24) is 10.2 Å². The van der Waals surface area contributed by atoms with Gasteiger partial charge in [-0.05, 0) is 30.5 Å². The first-order chi connectivity index (χ1) is 13.1. The maximum Gasteiger partial charge on any atom is 0.260 e. The summed E-state index contributed by atoms with van der Waals surface area (Å²) in [5, 5.41) is 13.7. The Kier molecular flexibility index (Phi) is 7.64. The van der Waals surface area contributed by atoms with E-state index in [9.17, 15) is 9.59 Å². The van der Waals surface area contributed by atoms with Gasteiger partial charge >= 0.3 is 0 Å². The highest BCUT2D eigenvalue weighted by Crippen LogP contribution is 2.27. The van der Waals surface area contributed by atoms with Crippen LogP contribution < -0.4 is 14.8 Å². The number of nitrogens with one attached hydrogen (secondary N) is 1. The van der Waals surface area contributed by atoms with Crippen LogP contribution in [0.25, 0.3) is 0 Å². The molecule has 0 atom stereocenters. The number of hydrogen-bond donors (Lipinski definition) is 1. The van der Waals surface area contributed by atoms with E-state index in [0.29, 0.717) is 30.2 Å². The molecule has 27 heavy (non-hydrogen) atoms. The molecular formula is C19H21N3O4S. The molecule has 7 nitrogen and oxygen atoms in total. The number of amides is 2. The molecule has 0 saturated carbocycles. The highest BCUT2D eigenvalue weighted by atomic mass is 32.1. The molecular weight excluding hydrogens is 366 g/mol. The topological polar surface area (TPSA) is 91.7 Å². The highest BCUT2D eigenvalue weighted by molar-refractivity contribution is 7.09. The van der Waals surface area contributed by atoms with Gasteiger partial charge in [0.1, 0.15) is 0 Å². The summed E-state index contributed by atoms with van der Waals surface area (Å²) in [6.45, 7) is 2.37. The van der Waals surface area contributed by atoms with Crippen LogP contribution in [0.3, 0.4) is 0 Å². The van der Waals surface area contributed by atoms with Crippen LogP contribution in [0.4, 0.5) is 0 Å². The predicted molar refractivity (Wildman–Crippen MR) is 102 cm³/mol. The molecule has 2 aromatic rings. The lowest BCUT2D eigenvalue weighted by Crippen LogP contribution is -2.42. The van der Waals surface area contributed by atoms with Crippen molar-refractivity contribution >= 4 is 23.2 Å². The summed E-state index contributed by atoms with van der Waals surface area (Å²) in [5.74, 6) is 0.200. The molecule has 8 heteroatoms. The molecule has 0 bridgehead atoms. The van der Waals surface area contributed by atoms with Crippen molar-refractivity contribution in [1.29, 1.82) is 5.26 Å². The summed E-state index contributed by atoms with van der Waals surface area (Å²) in [5.41, 5.74) is 0.433. The lowest BCUT2D eigenvalue weighted by atomic mass is 10.2. The van der Waals surface area contributed by atoms with Crippen LogP contribution in [0.15, 0.2) is 35.7 Å². The van der Waals surface area contributed by atoms with Crippen molar-refractivity contribution in [3.63, 3.8) is 0 Å². The van der Waals surface area contributed by atoms with Gasteiger partial charge in [-0.15, -0.1) is 11.3 Å². The van der Waals surface area contributed by atoms with E-state index < -0.39 is 0 Å². The zero-order valence-corrected chi connectivity index (χ0v) is 16.0. The van der Waals surface area contributed by atoms with Crippen molar-refractivity contribution in [3.05, 3.63) is 46.2 Å². The van der Waals surface area contributed by atoms with Gasteiger partial charge in [0.25, 0.3) is 5.91 Å². The maximum absolute atomic E-state index is 12.4. The molecule has 0 unspecified atom stereocenters. The van der Waals surface area contributed by atoms with Gasteiger partial charge in [-0.2, -0.15) is 5.26 Å². The second kappa shape index (κ2) is 10.2. The fraction of sp³-hybridized carbons (Fsp3) is 0.316. The number of carbonyl (C=O) groups excluding carboxylic acids is 2. The zero-order valence-electron chi connectivity index (χ0n) is 15.2. The van der Waals surface area contributed by atoms with Gasteiger partial charge in [0.2, 0.25) is 5.91 Å². The summed E-state index contributed by atoms with van der Waals surface area (Å²) in [6.07, 6.45) is 0. The summed E-state index contributed by atoms with van der Waals surface area (Å²) in [6, 6.07) is 10.6. The third kappa shape index (κ3) is 6.01. The Morgan fingerprint density at radius 2 is 2.11 bits per heavy atom. The molecule has 2 amide bonds. The van der Waals surface area contributed by atoms with Crippen LogP contribution in [0.5, 0.6) is 11.5 Å². The molecule has 0 fully saturated rings. The molecule has 0 saturated heterocycles. The smallest absolute Gasteiger partial charge is 0.260 e. The van der Waals surface area contributed by atoms with Crippen LogP contribution in [-0.2, 0) is 16.1 Å². The number of carbonyl (C=O) groups is 2. The Bertz CT molecular complexity index is 815. The molecule has 1 heterocycles. The summed E-state index contributed by atoms with van der Waals surface area (Å²) < 4.78 is 10.7. The molecule has 0 aliphatic heterocycles. The van der Waals surface area contributed by atoms with E-state index in [2.05, 4.69) is 5.32 Å².